The highest BCUT2D eigenvalue weighted by Crippen LogP contribution is 2.26. The number of nitrogens with two attached hydrogens (primary N) is 1. The van der Waals surface area contributed by atoms with Crippen LogP contribution in [0.1, 0.15) is 24.0 Å². The number of likely N-dealkylation sites (tertiary alicyclic amines) is 1. The van der Waals surface area contributed by atoms with E-state index in [9.17, 15) is 4.79 Å². The van der Waals surface area contributed by atoms with Gasteiger partial charge in [-0.05, 0) is 49.2 Å². The van der Waals surface area contributed by atoms with Crippen LogP contribution in [-0.2, 0) is 4.79 Å². The molecule has 0 saturated carbocycles. The smallest absolute Gasteiger partial charge is 0.209 e. The Morgan fingerprint density at radius 2 is 1.87 bits per heavy atom. The Kier molecular flexibility index (Phi) is 6.07. The minimum absolute atomic E-state index is 0.0430. The second-order valence-corrected chi connectivity index (χ2v) is 7.38. The Labute approximate surface area is 180 Å². The lowest BCUT2D eigenvalue weighted by Gasteiger charge is -2.31. The van der Waals surface area contributed by atoms with Crippen LogP contribution >= 0.6 is 0 Å². The molecule has 0 aliphatic carbocycles. The molecule has 0 spiro atoms. The first kappa shape index (κ1) is 20.3. The maximum absolute atomic E-state index is 11.1. The monoisotopic (exact) mass is 416 g/mol. The zero-order valence-electron chi connectivity index (χ0n) is 17.0. The predicted octanol–water partition coefficient (Wildman–Crippen LogP) is 3.30. The average molecular weight is 416 g/mol. The van der Waals surface area contributed by atoms with Crippen molar-refractivity contribution in [1.29, 1.82) is 5.41 Å². The molecule has 1 fully saturated rings. The molecule has 1 aliphatic rings. The minimum atomic E-state index is 0.0430. The summed E-state index contributed by atoms with van der Waals surface area (Å²) in [5.41, 5.74) is 7.46. The molecule has 0 radical (unpaired) electrons. The van der Waals surface area contributed by atoms with Gasteiger partial charge in [-0.15, -0.1) is 0 Å². The Balaban J connectivity index is 1.53. The normalized spacial score (nSPS) is 15.9. The summed E-state index contributed by atoms with van der Waals surface area (Å²) in [6.07, 6.45) is 4.06. The minimum Gasteiger partial charge on any atom is -0.457 e. The van der Waals surface area contributed by atoms with Crippen LogP contribution in [0.2, 0.25) is 0 Å². The molecular formula is C23H24N6O2. The van der Waals surface area contributed by atoms with E-state index in [0.29, 0.717) is 29.2 Å². The van der Waals surface area contributed by atoms with E-state index in [0.717, 1.165) is 31.5 Å². The van der Waals surface area contributed by atoms with Crippen molar-refractivity contribution in [2.24, 2.45) is 0 Å². The third-order valence-corrected chi connectivity index (χ3v) is 5.19. The van der Waals surface area contributed by atoms with Gasteiger partial charge in [0.2, 0.25) is 6.41 Å². The first-order valence-corrected chi connectivity index (χ1v) is 10.1. The predicted molar refractivity (Wildman–Crippen MR) is 120 cm³/mol. The van der Waals surface area contributed by atoms with Crippen LogP contribution in [-0.4, -0.2) is 46.1 Å². The van der Waals surface area contributed by atoms with Crippen molar-refractivity contribution in [3.8, 4) is 11.5 Å². The largest absolute Gasteiger partial charge is 0.457 e. The molecule has 3 aromatic rings. The van der Waals surface area contributed by atoms with Gasteiger partial charge in [-0.2, -0.15) is 0 Å². The van der Waals surface area contributed by atoms with Crippen molar-refractivity contribution < 1.29 is 9.53 Å². The van der Waals surface area contributed by atoms with Gasteiger partial charge in [0, 0.05) is 24.7 Å². The molecule has 1 aromatic heterocycles. The summed E-state index contributed by atoms with van der Waals surface area (Å²) in [6.45, 7) is 1.35. The zero-order valence-corrected chi connectivity index (χ0v) is 17.0. The molecule has 0 bridgehead atoms. The molecule has 8 nitrogen and oxygen atoms in total. The number of anilines is 2. The number of ether oxygens (including phenoxy) is 1. The van der Waals surface area contributed by atoms with Crippen molar-refractivity contribution in [2.75, 3.05) is 24.1 Å². The molecule has 1 aliphatic heterocycles. The van der Waals surface area contributed by atoms with Gasteiger partial charge in [0.1, 0.15) is 29.5 Å². The molecule has 158 valence electrons. The van der Waals surface area contributed by atoms with E-state index in [1.165, 1.54) is 6.33 Å². The van der Waals surface area contributed by atoms with Crippen LogP contribution < -0.4 is 15.8 Å². The van der Waals surface area contributed by atoms with Crippen molar-refractivity contribution in [3.05, 3.63) is 72.1 Å². The van der Waals surface area contributed by atoms with E-state index in [-0.39, 0.29) is 17.6 Å². The van der Waals surface area contributed by atoms with E-state index in [1.807, 2.05) is 54.6 Å². The standard InChI is InChI=1S/C23H24N6O2/c24-21(16-8-10-19(11-9-16)31-18-6-2-1-3-7-18)20-22(25)26-14-27-23(20)28-17-5-4-12-29(13-17)15-30/h1-3,6-11,14-15,17,24H,4-5,12-13H2,(H3,25,26,27,28). The fraction of sp³-hybridized carbons (Fsp3) is 0.217. The molecular weight excluding hydrogens is 392 g/mol. The van der Waals surface area contributed by atoms with Gasteiger partial charge in [-0.1, -0.05) is 18.2 Å². The Morgan fingerprint density at radius 3 is 2.61 bits per heavy atom. The van der Waals surface area contributed by atoms with Crippen molar-refractivity contribution >= 4 is 23.8 Å². The number of rotatable bonds is 7. The number of amides is 1. The number of piperidine rings is 1. The van der Waals surface area contributed by atoms with Gasteiger partial charge in [0.15, 0.2) is 0 Å². The summed E-state index contributed by atoms with van der Waals surface area (Å²) in [5.74, 6) is 2.15. The summed E-state index contributed by atoms with van der Waals surface area (Å²) >= 11 is 0. The van der Waals surface area contributed by atoms with Crippen molar-refractivity contribution in [2.45, 2.75) is 18.9 Å². The van der Waals surface area contributed by atoms with E-state index in [4.69, 9.17) is 15.9 Å². The lowest BCUT2D eigenvalue weighted by atomic mass is 10.0. The summed E-state index contributed by atoms with van der Waals surface area (Å²) in [4.78, 5) is 21.3. The molecule has 1 atom stereocenters. The van der Waals surface area contributed by atoms with Crippen LogP contribution in [0.25, 0.3) is 0 Å². The zero-order chi connectivity index (χ0) is 21.6. The van der Waals surface area contributed by atoms with Gasteiger partial charge in [0.25, 0.3) is 0 Å². The number of para-hydroxylation sites is 1. The number of nitrogen functional groups attached to an aromatic ring is 1. The van der Waals surface area contributed by atoms with E-state index in [2.05, 4.69) is 15.3 Å². The molecule has 2 heterocycles. The third-order valence-electron chi connectivity index (χ3n) is 5.19. The number of benzene rings is 2. The fourth-order valence-corrected chi connectivity index (χ4v) is 3.63. The highest BCUT2D eigenvalue weighted by Gasteiger charge is 2.22. The molecule has 1 amide bonds. The number of nitrogens with one attached hydrogen (secondary N) is 2. The maximum Gasteiger partial charge on any atom is 0.209 e. The summed E-state index contributed by atoms with van der Waals surface area (Å²) in [7, 11) is 0. The molecule has 1 unspecified atom stereocenters. The first-order chi connectivity index (χ1) is 15.1. The topological polar surface area (TPSA) is 117 Å². The number of nitrogens with zero attached hydrogens (tertiary/aromatic N) is 3. The van der Waals surface area contributed by atoms with Crippen LogP contribution in [0.5, 0.6) is 11.5 Å². The summed E-state index contributed by atoms with van der Waals surface area (Å²) in [5, 5.41) is 12.1. The van der Waals surface area contributed by atoms with E-state index >= 15 is 0 Å². The summed E-state index contributed by atoms with van der Waals surface area (Å²) < 4.78 is 5.82. The third kappa shape index (κ3) is 4.80. The maximum atomic E-state index is 11.1. The van der Waals surface area contributed by atoms with Crippen LogP contribution in [0, 0.1) is 5.41 Å². The summed E-state index contributed by atoms with van der Waals surface area (Å²) in [6, 6.07) is 16.8. The molecule has 8 heteroatoms. The highest BCUT2D eigenvalue weighted by atomic mass is 16.5. The number of carbonyl (C=O) groups excluding carboxylic acids is 1. The number of carbonyl (C=O) groups is 1. The molecule has 2 aromatic carbocycles. The van der Waals surface area contributed by atoms with Gasteiger partial charge in [0.05, 0.1) is 11.3 Å². The highest BCUT2D eigenvalue weighted by molar-refractivity contribution is 6.16. The van der Waals surface area contributed by atoms with Crippen LogP contribution in [0.15, 0.2) is 60.9 Å². The second kappa shape index (κ2) is 9.25. The lowest BCUT2D eigenvalue weighted by Crippen LogP contribution is -2.41. The van der Waals surface area contributed by atoms with Crippen molar-refractivity contribution in [1.82, 2.24) is 14.9 Å². The molecule has 31 heavy (non-hydrogen) atoms. The van der Waals surface area contributed by atoms with Crippen molar-refractivity contribution in [3.63, 3.8) is 0 Å². The first-order valence-electron chi connectivity index (χ1n) is 10.1. The van der Waals surface area contributed by atoms with Gasteiger partial charge >= 0.3 is 0 Å². The quantitative estimate of drug-likeness (QED) is 0.402. The SMILES string of the molecule is N=C(c1ccc(Oc2ccccc2)cc1)c1c(N)ncnc1NC1CCCN(C=O)C1. The molecule has 1 saturated heterocycles. The van der Waals surface area contributed by atoms with Crippen LogP contribution in [0.4, 0.5) is 11.6 Å². The van der Waals surface area contributed by atoms with E-state index in [1.54, 1.807) is 4.90 Å². The molecule has 4 N–H and O–H groups in total. The fourth-order valence-electron chi connectivity index (χ4n) is 3.63. The second-order valence-electron chi connectivity index (χ2n) is 7.38. The number of aromatic nitrogens is 2. The van der Waals surface area contributed by atoms with Gasteiger partial charge in [-0.25, -0.2) is 9.97 Å². The Hall–Kier alpha value is -3.94. The lowest BCUT2D eigenvalue weighted by molar-refractivity contribution is -0.119. The van der Waals surface area contributed by atoms with Gasteiger partial charge in [-0.3, -0.25) is 10.2 Å². The number of hydrogen-bond donors (Lipinski definition) is 3. The Morgan fingerprint density at radius 1 is 1.13 bits per heavy atom. The Bertz CT molecular complexity index is 1060. The average Bonchev–Trinajstić information content (AvgIpc) is 2.80. The van der Waals surface area contributed by atoms with E-state index < -0.39 is 0 Å². The van der Waals surface area contributed by atoms with Crippen LogP contribution in [0.3, 0.4) is 0 Å². The number of hydrogen-bond acceptors (Lipinski definition) is 7. The molecule has 4 rings (SSSR count). The van der Waals surface area contributed by atoms with Gasteiger partial charge < -0.3 is 20.7 Å².